The molecule has 9 heteroatoms. The third-order valence-electron chi connectivity index (χ3n) is 3.73. The zero-order chi connectivity index (χ0) is 21.8. The highest BCUT2D eigenvalue weighted by Gasteiger charge is 2.19. The van der Waals surface area contributed by atoms with Gasteiger partial charge in [-0.15, -0.1) is 11.3 Å². The van der Waals surface area contributed by atoms with Gasteiger partial charge in [-0.1, -0.05) is 23.2 Å². The van der Waals surface area contributed by atoms with Crippen molar-refractivity contribution >= 4 is 46.6 Å². The van der Waals surface area contributed by atoms with Crippen LogP contribution >= 0.6 is 34.5 Å². The van der Waals surface area contributed by atoms with E-state index in [2.05, 4.69) is 0 Å². The highest BCUT2D eigenvalue weighted by atomic mass is 35.5. The van der Waals surface area contributed by atoms with E-state index in [0.717, 1.165) is 0 Å². The van der Waals surface area contributed by atoms with E-state index in [9.17, 15) is 14.7 Å². The van der Waals surface area contributed by atoms with Crippen LogP contribution < -0.4 is 4.74 Å². The fourth-order valence-electron chi connectivity index (χ4n) is 2.42. The van der Waals surface area contributed by atoms with Crippen molar-refractivity contribution in [3.63, 3.8) is 0 Å². The van der Waals surface area contributed by atoms with Crippen molar-refractivity contribution in [2.24, 2.45) is 0 Å². The van der Waals surface area contributed by atoms with Crippen molar-refractivity contribution in [2.75, 3.05) is 20.2 Å². The van der Waals surface area contributed by atoms with Gasteiger partial charge < -0.3 is 19.5 Å². The van der Waals surface area contributed by atoms with E-state index in [-0.39, 0.29) is 5.56 Å². The standard InChI is InChI=1S/C20H23Cl2NO5S/c1-20(2,3)28-19(26)23(4)6-5-7-27-14-9-12(8-13(10-14)18(24)25)15-11-16(21)29-17(15)22/h8-11H,5-7H2,1-4H3,(H,24,25). The lowest BCUT2D eigenvalue weighted by Gasteiger charge is -2.24. The molecule has 0 spiro atoms. The summed E-state index contributed by atoms with van der Waals surface area (Å²) in [6, 6.07) is 6.38. The number of carbonyl (C=O) groups excluding carboxylic acids is 1. The number of carbonyl (C=O) groups is 2. The molecule has 1 aromatic heterocycles. The number of aromatic carboxylic acids is 1. The Morgan fingerprint density at radius 3 is 2.41 bits per heavy atom. The number of halogens is 2. The number of carboxylic acid groups (broad SMARTS) is 1. The molecule has 0 aliphatic carbocycles. The first-order valence-electron chi connectivity index (χ1n) is 8.87. The molecule has 29 heavy (non-hydrogen) atoms. The van der Waals surface area contributed by atoms with Crippen molar-refractivity contribution in [1.29, 1.82) is 0 Å². The highest BCUT2D eigenvalue weighted by molar-refractivity contribution is 7.20. The summed E-state index contributed by atoms with van der Waals surface area (Å²) in [6.45, 7) is 6.16. The molecule has 0 unspecified atom stereocenters. The molecule has 0 saturated heterocycles. The van der Waals surface area contributed by atoms with Crippen LogP contribution in [0, 0.1) is 0 Å². The Morgan fingerprint density at radius 1 is 1.17 bits per heavy atom. The van der Waals surface area contributed by atoms with Gasteiger partial charge in [0, 0.05) is 19.2 Å². The molecule has 2 aromatic rings. The normalized spacial score (nSPS) is 11.2. The summed E-state index contributed by atoms with van der Waals surface area (Å²) in [7, 11) is 1.65. The van der Waals surface area contributed by atoms with Crippen LogP contribution in [0.2, 0.25) is 8.67 Å². The summed E-state index contributed by atoms with van der Waals surface area (Å²) < 4.78 is 12.0. The zero-order valence-electron chi connectivity index (χ0n) is 16.6. The van der Waals surface area contributed by atoms with Gasteiger partial charge in [-0.3, -0.25) is 0 Å². The molecule has 0 saturated carbocycles. The van der Waals surface area contributed by atoms with Gasteiger partial charge in [0.2, 0.25) is 0 Å². The van der Waals surface area contributed by atoms with Crippen LogP contribution in [0.3, 0.4) is 0 Å². The summed E-state index contributed by atoms with van der Waals surface area (Å²) in [6.07, 6.45) is 0.143. The molecular formula is C20H23Cl2NO5S. The highest BCUT2D eigenvalue weighted by Crippen LogP contribution is 2.39. The van der Waals surface area contributed by atoms with Crippen LogP contribution in [0.15, 0.2) is 24.3 Å². The monoisotopic (exact) mass is 459 g/mol. The van der Waals surface area contributed by atoms with Crippen LogP contribution in [-0.2, 0) is 4.74 Å². The Morgan fingerprint density at radius 2 is 1.86 bits per heavy atom. The molecule has 1 aromatic carbocycles. The van der Waals surface area contributed by atoms with Gasteiger partial charge in [0.15, 0.2) is 0 Å². The first-order chi connectivity index (χ1) is 13.5. The first kappa shape index (κ1) is 23.3. The van der Waals surface area contributed by atoms with Crippen molar-refractivity contribution in [3.05, 3.63) is 38.5 Å². The molecule has 0 fully saturated rings. The minimum atomic E-state index is -1.07. The average molecular weight is 460 g/mol. The van der Waals surface area contributed by atoms with Crippen LogP contribution in [0.25, 0.3) is 11.1 Å². The molecule has 0 radical (unpaired) electrons. The molecule has 2 rings (SSSR count). The van der Waals surface area contributed by atoms with E-state index < -0.39 is 17.7 Å². The van der Waals surface area contributed by atoms with Gasteiger partial charge in [-0.05, 0) is 57.0 Å². The van der Waals surface area contributed by atoms with E-state index in [1.807, 2.05) is 20.8 Å². The van der Waals surface area contributed by atoms with Crippen LogP contribution in [0.5, 0.6) is 5.75 Å². The molecule has 0 aliphatic heterocycles. The summed E-state index contributed by atoms with van der Waals surface area (Å²) in [5, 5.41) is 9.38. The Labute approximate surface area is 183 Å². The topological polar surface area (TPSA) is 76.1 Å². The second-order valence-electron chi connectivity index (χ2n) is 7.39. The van der Waals surface area contributed by atoms with E-state index in [4.69, 9.17) is 32.7 Å². The number of amides is 1. The molecule has 0 bridgehead atoms. The van der Waals surface area contributed by atoms with Gasteiger partial charge >= 0.3 is 12.1 Å². The summed E-state index contributed by atoms with van der Waals surface area (Å²) >= 11 is 13.4. The number of thiophene rings is 1. The smallest absolute Gasteiger partial charge is 0.410 e. The fourth-order valence-corrected chi connectivity index (χ4v) is 3.93. The van der Waals surface area contributed by atoms with Crippen molar-refractivity contribution in [1.82, 2.24) is 4.90 Å². The molecule has 0 atom stereocenters. The Bertz CT molecular complexity index is 891. The SMILES string of the molecule is CN(CCCOc1cc(C(=O)O)cc(-c2cc(Cl)sc2Cl)c1)C(=O)OC(C)(C)C. The van der Waals surface area contributed by atoms with Crippen molar-refractivity contribution < 1.29 is 24.2 Å². The number of carboxylic acids is 1. The number of hydrogen-bond acceptors (Lipinski definition) is 5. The van der Waals surface area contributed by atoms with Crippen LogP contribution in [0.4, 0.5) is 4.79 Å². The van der Waals surface area contributed by atoms with Gasteiger partial charge in [0.1, 0.15) is 15.7 Å². The second kappa shape index (κ2) is 9.69. The van der Waals surface area contributed by atoms with Crippen molar-refractivity contribution in [3.8, 4) is 16.9 Å². The lowest BCUT2D eigenvalue weighted by atomic mass is 10.1. The predicted octanol–water partition coefficient (Wildman–Crippen LogP) is 6.06. The molecule has 0 aliphatic rings. The lowest BCUT2D eigenvalue weighted by molar-refractivity contribution is 0.0291. The van der Waals surface area contributed by atoms with E-state index in [1.54, 1.807) is 19.2 Å². The maximum atomic E-state index is 12.0. The number of ether oxygens (including phenoxy) is 2. The summed E-state index contributed by atoms with van der Waals surface area (Å²) in [5.41, 5.74) is 0.793. The van der Waals surface area contributed by atoms with Crippen molar-refractivity contribution in [2.45, 2.75) is 32.8 Å². The molecule has 1 heterocycles. The third-order valence-corrected chi connectivity index (χ3v) is 5.22. The number of benzene rings is 1. The number of rotatable bonds is 7. The Balaban J connectivity index is 2.03. The van der Waals surface area contributed by atoms with E-state index >= 15 is 0 Å². The average Bonchev–Trinajstić information content (AvgIpc) is 2.95. The lowest BCUT2D eigenvalue weighted by Crippen LogP contribution is -2.35. The molecule has 6 nitrogen and oxygen atoms in total. The largest absolute Gasteiger partial charge is 0.493 e. The molecule has 1 amide bonds. The molecule has 1 N–H and O–H groups in total. The maximum Gasteiger partial charge on any atom is 0.410 e. The summed E-state index contributed by atoms with van der Waals surface area (Å²) in [4.78, 5) is 24.9. The maximum absolute atomic E-state index is 12.0. The molecule has 158 valence electrons. The Hall–Kier alpha value is -1.96. The van der Waals surface area contributed by atoms with Crippen LogP contribution in [0.1, 0.15) is 37.6 Å². The number of nitrogens with zero attached hydrogens (tertiary/aromatic N) is 1. The Kier molecular flexibility index (Phi) is 7.80. The van der Waals surface area contributed by atoms with Gasteiger partial charge in [-0.25, -0.2) is 9.59 Å². The zero-order valence-corrected chi connectivity index (χ0v) is 19.0. The quantitative estimate of drug-likeness (QED) is 0.509. The van der Waals surface area contributed by atoms with E-state index in [1.165, 1.54) is 28.4 Å². The fraction of sp³-hybridized carbons (Fsp3) is 0.400. The third kappa shape index (κ3) is 7.10. The van der Waals surface area contributed by atoms with Gasteiger partial charge in [0.25, 0.3) is 0 Å². The first-order valence-corrected chi connectivity index (χ1v) is 10.4. The minimum absolute atomic E-state index is 0.0850. The van der Waals surface area contributed by atoms with Crippen LogP contribution in [-0.4, -0.2) is 47.9 Å². The number of hydrogen-bond donors (Lipinski definition) is 1. The summed E-state index contributed by atoms with van der Waals surface area (Å²) in [5.74, 6) is -0.669. The minimum Gasteiger partial charge on any atom is -0.493 e. The predicted molar refractivity (Wildman–Crippen MR) is 116 cm³/mol. The van der Waals surface area contributed by atoms with Gasteiger partial charge in [-0.2, -0.15) is 0 Å². The molecular weight excluding hydrogens is 437 g/mol. The van der Waals surface area contributed by atoms with Gasteiger partial charge in [0.05, 0.1) is 16.5 Å². The second-order valence-corrected chi connectivity index (χ2v) is 9.68. The van der Waals surface area contributed by atoms with E-state index in [0.29, 0.717) is 45.1 Å².